The number of thiazole rings is 1. The maximum Gasteiger partial charge on any atom is 0.297 e. The van der Waals surface area contributed by atoms with Crippen molar-refractivity contribution < 1.29 is 19.1 Å². The van der Waals surface area contributed by atoms with Gasteiger partial charge in [-0.25, -0.2) is 4.98 Å². The molecule has 1 atom stereocenters. The number of amides is 1. The predicted molar refractivity (Wildman–Crippen MR) is 118 cm³/mol. The Hall–Kier alpha value is -3.36. The molecule has 156 valence electrons. The van der Waals surface area contributed by atoms with Crippen LogP contribution in [-0.4, -0.2) is 22.6 Å². The molecule has 5 rings (SSSR count). The lowest BCUT2D eigenvalue weighted by molar-refractivity contribution is 0.0971. The van der Waals surface area contributed by atoms with Gasteiger partial charge in [0, 0.05) is 16.6 Å². The number of carbonyl (C=O) groups excluding carboxylic acids is 1. The molecule has 1 N–H and O–H groups in total. The van der Waals surface area contributed by atoms with Crippen molar-refractivity contribution >= 4 is 44.9 Å². The van der Waals surface area contributed by atoms with Gasteiger partial charge in [0.1, 0.15) is 5.58 Å². The molecule has 3 heterocycles. The average molecular weight is 455 g/mol. The predicted octanol–water partition coefficient (Wildman–Crippen LogP) is 4.76. The van der Waals surface area contributed by atoms with Crippen molar-refractivity contribution in [1.29, 1.82) is 0 Å². The van der Waals surface area contributed by atoms with Crippen LogP contribution in [0.3, 0.4) is 0 Å². The van der Waals surface area contributed by atoms with Crippen molar-refractivity contribution in [2.75, 3.05) is 11.5 Å². The summed E-state index contributed by atoms with van der Waals surface area (Å²) in [6, 6.07) is 8.64. The first-order chi connectivity index (χ1) is 15.0. The van der Waals surface area contributed by atoms with Crippen molar-refractivity contribution in [1.82, 2.24) is 4.98 Å². The molecule has 0 saturated carbocycles. The molecule has 1 unspecified atom stereocenters. The van der Waals surface area contributed by atoms with Crippen LogP contribution in [0.25, 0.3) is 11.0 Å². The number of anilines is 1. The highest BCUT2D eigenvalue weighted by molar-refractivity contribution is 7.13. The number of hydrogen-bond acceptors (Lipinski definition) is 7. The monoisotopic (exact) mass is 454 g/mol. The summed E-state index contributed by atoms with van der Waals surface area (Å²) in [4.78, 5) is 32.6. The average Bonchev–Trinajstić information content (AvgIpc) is 3.37. The molecule has 0 spiro atoms. The lowest BCUT2D eigenvalue weighted by atomic mass is 9.98. The van der Waals surface area contributed by atoms with Crippen molar-refractivity contribution in [3.05, 3.63) is 80.1 Å². The SMILES string of the molecule is CCOc1cc(C2c3c(oc4ccc(Cl)cc4c3=O)C(=O)N2c2nccs2)ccc1O. The van der Waals surface area contributed by atoms with Gasteiger partial charge >= 0.3 is 0 Å². The zero-order valence-electron chi connectivity index (χ0n) is 16.2. The quantitative estimate of drug-likeness (QED) is 0.478. The topological polar surface area (TPSA) is 92.9 Å². The van der Waals surface area contributed by atoms with Gasteiger partial charge in [-0.15, -0.1) is 11.3 Å². The minimum atomic E-state index is -0.798. The van der Waals surface area contributed by atoms with Gasteiger partial charge in [-0.05, 0) is 42.8 Å². The van der Waals surface area contributed by atoms with E-state index in [0.717, 1.165) is 0 Å². The number of nitrogens with zero attached hydrogens (tertiary/aromatic N) is 2. The van der Waals surface area contributed by atoms with E-state index < -0.39 is 11.9 Å². The molecular formula is C22H15ClN2O5S. The number of aromatic nitrogens is 1. The summed E-state index contributed by atoms with van der Waals surface area (Å²) in [5, 5.41) is 13.0. The van der Waals surface area contributed by atoms with E-state index in [1.54, 1.807) is 42.8 Å². The second kappa shape index (κ2) is 7.40. The van der Waals surface area contributed by atoms with Gasteiger partial charge in [0.2, 0.25) is 5.76 Å². The third-order valence-corrected chi connectivity index (χ3v) is 6.06. The minimum Gasteiger partial charge on any atom is -0.504 e. The fraction of sp³-hybridized carbons (Fsp3) is 0.136. The third kappa shape index (κ3) is 3.07. The van der Waals surface area contributed by atoms with E-state index in [4.69, 9.17) is 20.8 Å². The van der Waals surface area contributed by atoms with E-state index in [1.807, 2.05) is 0 Å². The summed E-state index contributed by atoms with van der Waals surface area (Å²) in [6.07, 6.45) is 1.58. The second-order valence-electron chi connectivity index (χ2n) is 6.87. The van der Waals surface area contributed by atoms with Crippen LogP contribution in [0, 0.1) is 0 Å². The summed E-state index contributed by atoms with van der Waals surface area (Å²) in [6.45, 7) is 2.14. The van der Waals surface area contributed by atoms with E-state index in [1.165, 1.54) is 28.4 Å². The second-order valence-corrected chi connectivity index (χ2v) is 8.18. The molecule has 1 aliphatic heterocycles. The van der Waals surface area contributed by atoms with Crippen LogP contribution in [0.15, 0.2) is 57.2 Å². The number of halogens is 1. The molecule has 0 aliphatic carbocycles. The molecule has 0 saturated heterocycles. The summed E-state index contributed by atoms with van der Waals surface area (Å²) in [5.41, 5.74) is 0.712. The number of carbonyl (C=O) groups is 1. The van der Waals surface area contributed by atoms with Crippen LogP contribution in [0.5, 0.6) is 11.5 Å². The van der Waals surface area contributed by atoms with Crippen LogP contribution in [0.1, 0.15) is 34.6 Å². The van der Waals surface area contributed by atoms with E-state index in [2.05, 4.69) is 4.98 Å². The highest BCUT2D eigenvalue weighted by Gasteiger charge is 2.45. The summed E-state index contributed by atoms with van der Waals surface area (Å²) in [5.74, 6) is -0.275. The molecule has 2 aromatic carbocycles. The third-order valence-electron chi connectivity index (χ3n) is 5.06. The zero-order valence-corrected chi connectivity index (χ0v) is 17.7. The maximum atomic E-state index is 13.5. The lowest BCUT2D eigenvalue weighted by Gasteiger charge is -2.23. The van der Waals surface area contributed by atoms with Gasteiger partial charge in [0.25, 0.3) is 5.91 Å². The number of rotatable bonds is 4. The highest BCUT2D eigenvalue weighted by atomic mass is 35.5. The van der Waals surface area contributed by atoms with Gasteiger partial charge in [0.15, 0.2) is 22.1 Å². The number of aromatic hydroxyl groups is 1. The van der Waals surface area contributed by atoms with Crippen LogP contribution >= 0.6 is 22.9 Å². The summed E-state index contributed by atoms with van der Waals surface area (Å²) >= 11 is 7.37. The van der Waals surface area contributed by atoms with Crippen molar-refractivity contribution in [2.45, 2.75) is 13.0 Å². The molecular weight excluding hydrogens is 440 g/mol. The molecule has 0 fully saturated rings. The minimum absolute atomic E-state index is 0.0340. The van der Waals surface area contributed by atoms with Crippen molar-refractivity contribution in [2.24, 2.45) is 0 Å². The molecule has 1 amide bonds. The number of hydrogen-bond donors (Lipinski definition) is 1. The van der Waals surface area contributed by atoms with Crippen LogP contribution in [-0.2, 0) is 0 Å². The Bertz CT molecular complexity index is 1380. The Kier molecular flexibility index (Phi) is 4.68. The van der Waals surface area contributed by atoms with Gasteiger partial charge in [-0.1, -0.05) is 17.7 Å². The van der Waals surface area contributed by atoms with E-state index >= 15 is 0 Å². The Labute approximate surface area is 185 Å². The Balaban J connectivity index is 1.80. The van der Waals surface area contributed by atoms with E-state index in [-0.39, 0.29) is 39.2 Å². The van der Waals surface area contributed by atoms with Crippen molar-refractivity contribution in [3.8, 4) is 11.5 Å². The zero-order chi connectivity index (χ0) is 21.7. The lowest BCUT2D eigenvalue weighted by Crippen LogP contribution is -2.29. The number of ether oxygens (including phenoxy) is 1. The molecule has 0 bridgehead atoms. The van der Waals surface area contributed by atoms with Crippen LogP contribution < -0.4 is 15.1 Å². The molecule has 31 heavy (non-hydrogen) atoms. The standard InChI is InChI=1S/C22H15ClN2O5S/c1-2-29-16-9-11(3-5-14(16)26)18-17-19(27)13-10-12(23)4-6-15(13)30-20(17)21(28)25(18)22-24-7-8-31-22/h3-10,18,26H,2H2,1H3. The number of fused-ring (bicyclic) bond motifs is 2. The molecule has 9 heteroatoms. The Morgan fingerprint density at radius 1 is 1.26 bits per heavy atom. The van der Waals surface area contributed by atoms with Gasteiger partial charge in [0.05, 0.1) is 23.6 Å². The number of benzene rings is 2. The normalized spacial score (nSPS) is 15.5. The molecule has 7 nitrogen and oxygen atoms in total. The summed E-state index contributed by atoms with van der Waals surface area (Å²) in [7, 11) is 0. The van der Waals surface area contributed by atoms with Gasteiger partial charge < -0.3 is 14.3 Å². The highest BCUT2D eigenvalue weighted by Crippen LogP contribution is 2.43. The molecule has 1 aliphatic rings. The van der Waals surface area contributed by atoms with E-state index in [0.29, 0.717) is 22.3 Å². The van der Waals surface area contributed by atoms with Crippen LogP contribution in [0.4, 0.5) is 5.13 Å². The summed E-state index contributed by atoms with van der Waals surface area (Å²) < 4.78 is 11.4. The Morgan fingerprint density at radius 3 is 2.84 bits per heavy atom. The molecule has 0 radical (unpaired) electrons. The van der Waals surface area contributed by atoms with Gasteiger partial charge in [-0.2, -0.15) is 0 Å². The molecule has 4 aromatic rings. The fourth-order valence-corrected chi connectivity index (χ4v) is 4.60. The molecule has 2 aromatic heterocycles. The first-order valence-corrected chi connectivity index (χ1v) is 10.7. The first-order valence-electron chi connectivity index (χ1n) is 9.44. The van der Waals surface area contributed by atoms with Gasteiger partial charge in [-0.3, -0.25) is 14.5 Å². The van der Waals surface area contributed by atoms with Crippen molar-refractivity contribution in [3.63, 3.8) is 0 Å². The first kappa shape index (κ1) is 19.6. The van der Waals surface area contributed by atoms with E-state index in [9.17, 15) is 14.7 Å². The van der Waals surface area contributed by atoms with Crippen LogP contribution in [0.2, 0.25) is 5.02 Å². The number of phenolic OH excluding ortho intramolecular Hbond substituents is 1. The number of phenols is 1. The smallest absolute Gasteiger partial charge is 0.297 e. The Morgan fingerprint density at radius 2 is 2.10 bits per heavy atom. The fourth-order valence-electron chi connectivity index (χ4n) is 3.76. The largest absolute Gasteiger partial charge is 0.504 e. The maximum absolute atomic E-state index is 13.5.